The minimum Gasteiger partial charge on any atom is -0.376 e. The lowest BCUT2D eigenvalue weighted by atomic mass is 10.2. The standard InChI is InChI=1S/C15H19ClN2O/c1-11-4-2-6-13-15(11)17-14(7-8-16)18(13)10-12-5-3-9-19-12/h2,4,6,12H,3,5,7-10H2,1H3. The fourth-order valence-electron chi connectivity index (χ4n) is 2.81. The van der Waals surface area contributed by atoms with Gasteiger partial charge < -0.3 is 9.30 Å². The SMILES string of the molecule is Cc1cccc2c1nc(CCCl)n2CC1CCCO1. The average Bonchev–Trinajstić information content (AvgIpc) is 3.01. The normalized spacial score (nSPS) is 19.4. The maximum atomic E-state index is 5.91. The van der Waals surface area contributed by atoms with Crippen molar-refractivity contribution in [2.75, 3.05) is 12.5 Å². The molecule has 1 unspecified atom stereocenters. The first kappa shape index (κ1) is 12.9. The molecule has 4 heteroatoms. The molecule has 1 atom stereocenters. The molecule has 3 rings (SSSR count). The molecule has 3 nitrogen and oxygen atoms in total. The number of aryl methyl sites for hydroxylation is 2. The highest BCUT2D eigenvalue weighted by molar-refractivity contribution is 6.17. The van der Waals surface area contributed by atoms with Gasteiger partial charge in [0, 0.05) is 18.9 Å². The van der Waals surface area contributed by atoms with Crippen molar-refractivity contribution >= 4 is 22.6 Å². The van der Waals surface area contributed by atoms with E-state index in [4.69, 9.17) is 21.3 Å². The number of ether oxygens (including phenoxy) is 1. The van der Waals surface area contributed by atoms with Crippen molar-refractivity contribution in [3.05, 3.63) is 29.6 Å². The molecule has 0 amide bonds. The van der Waals surface area contributed by atoms with E-state index in [1.54, 1.807) is 0 Å². The van der Waals surface area contributed by atoms with Crippen LogP contribution < -0.4 is 0 Å². The predicted octanol–water partition coefficient (Wildman–Crippen LogP) is 3.31. The van der Waals surface area contributed by atoms with Crippen molar-refractivity contribution in [1.82, 2.24) is 9.55 Å². The summed E-state index contributed by atoms with van der Waals surface area (Å²) in [5.41, 5.74) is 3.52. The third-order valence-corrected chi connectivity index (χ3v) is 3.98. The highest BCUT2D eigenvalue weighted by Crippen LogP contribution is 2.23. The summed E-state index contributed by atoms with van der Waals surface area (Å²) in [6.07, 6.45) is 3.45. The minimum absolute atomic E-state index is 0.326. The number of hydrogen-bond donors (Lipinski definition) is 0. The van der Waals surface area contributed by atoms with Crippen molar-refractivity contribution in [3.63, 3.8) is 0 Å². The molecule has 0 saturated carbocycles. The van der Waals surface area contributed by atoms with Gasteiger partial charge in [-0.2, -0.15) is 0 Å². The van der Waals surface area contributed by atoms with E-state index in [0.717, 1.165) is 37.3 Å². The van der Waals surface area contributed by atoms with E-state index < -0.39 is 0 Å². The molecule has 102 valence electrons. The van der Waals surface area contributed by atoms with Crippen LogP contribution in [0.1, 0.15) is 24.2 Å². The van der Waals surface area contributed by atoms with Gasteiger partial charge in [-0.05, 0) is 31.4 Å². The Morgan fingerprint density at radius 1 is 1.47 bits per heavy atom. The van der Waals surface area contributed by atoms with E-state index in [-0.39, 0.29) is 0 Å². The molecular formula is C15H19ClN2O. The Morgan fingerprint density at radius 2 is 2.37 bits per heavy atom. The van der Waals surface area contributed by atoms with Gasteiger partial charge in [-0.1, -0.05) is 12.1 Å². The Kier molecular flexibility index (Phi) is 3.76. The van der Waals surface area contributed by atoms with Crippen molar-refractivity contribution in [2.24, 2.45) is 0 Å². The molecular weight excluding hydrogens is 260 g/mol. The van der Waals surface area contributed by atoms with Gasteiger partial charge >= 0.3 is 0 Å². The van der Waals surface area contributed by atoms with Crippen LogP contribution in [0.2, 0.25) is 0 Å². The summed E-state index contributed by atoms with van der Waals surface area (Å²) in [6.45, 7) is 3.89. The van der Waals surface area contributed by atoms with Crippen LogP contribution >= 0.6 is 11.6 Å². The van der Waals surface area contributed by atoms with Crippen LogP contribution in [-0.4, -0.2) is 28.1 Å². The molecule has 1 fully saturated rings. The zero-order valence-electron chi connectivity index (χ0n) is 11.2. The second-order valence-electron chi connectivity index (χ2n) is 5.16. The number of benzene rings is 1. The number of nitrogens with zero attached hydrogens (tertiary/aromatic N) is 2. The zero-order valence-corrected chi connectivity index (χ0v) is 12.0. The van der Waals surface area contributed by atoms with Crippen LogP contribution in [0.4, 0.5) is 0 Å². The lowest BCUT2D eigenvalue weighted by Gasteiger charge is -2.13. The van der Waals surface area contributed by atoms with Crippen molar-refractivity contribution in [1.29, 1.82) is 0 Å². The number of halogens is 1. The lowest BCUT2D eigenvalue weighted by Crippen LogP contribution is -2.17. The van der Waals surface area contributed by atoms with Crippen LogP contribution in [0.15, 0.2) is 18.2 Å². The van der Waals surface area contributed by atoms with Crippen molar-refractivity contribution < 1.29 is 4.74 Å². The smallest absolute Gasteiger partial charge is 0.111 e. The third-order valence-electron chi connectivity index (χ3n) is 3.79. The van der Waals surface area contributed by atoms with Crippen LogP contribution in [0.5, 0.6) is 0 Å². The molecule has 2 heterocycles. The van der Waals surface area contributed by atoms with Crippen LogP contribution in [0, 0.1) is 6.92 Å². The summed E-state index contributed by atoms with van der Waals surface area (Å²) >= 11 is 5.91. The summed E-state index contributed by atoms with van der Waals surface area (Å²) in [4.78, 5) is 4.77. The quantitative estimate of drug-likeness (QED) is 0.803. The monoisotopic (exact) mass is 278 g/mol. The molecule has 19 heavy (non-hydrogen) atoms. The molecule has 0 spiro atoms. The van der Waals surface area contributed by atoms with Crippen LogP contribution in [-0.2, 0) is 17.7 Å². The van der Waals surface area contributed by atoms with E-state index >= 15 is 0 Å². The van der Waals surface area contributed by atoms with E-state index in [9.17, 15) is 0 Å². The van der Waals surface area contributed by atoms with Crippen molar-refractivity contribution in [3.8, 4) is 0 Å². The van der Waals surface area contributed by atoms with Gasteiger partial charge in [-0.15, -0.1) is 11.6 Å². The molecule has 1 aromatic carbocycles. The second-order valence-corrected chi connectivity index (χ2v) is 5.53. The predicted molar refractivity (Wildman–Crippen MR) is 77.9 cm³/mol. The second kappa shape index (κ2) is 5.51. The Labute approximate surface area is 118 Å². The minimum atomic E-state index is 0.326. The molecule has 1 saturated heterocycles. The Hall–Kier alpha value is -1.06. The van der Waals surface area contributed by atoms with Gasteiger partial charge in [0.05, 0.1) is 23.7 Å². The fourth-order valence-corrected chi connectivity index (χ4v) is 2.98. The van der Waals surface area contributed by atoms with Gasteiger partial charge in [-0.25, -0.2) is 4.98 Å². The Morgan fingerprint density at radius 3 is 3.11 bits per heavy atom. The van der Waals surface area contributed by atoms with Crippen LogP contribution in [0.25, 0.3) is 11.0 Å². The maximum absolute atomic E-state index is 5.91. The molecule has 2 aromatic rings. The van der Waals surface area contributed by atoms with E-state index in [1.165, 1.54) is 17.5 Å². The van der Waals surface area contributed by atoms with Gasteiger partial charge in [-0.3, -0.25) is 0 Å². The fraction of sp³-hybridized carbons (Fsp3) is 0.533. The first-order valence-electron chi connectivity index (χ1n) is 6.92. The third kappa shape index (κ3) is 2.49. The number of aromatic nitrogens is 2. The number of para-hydroxylation sites is 1. The van der Waals surface area contributed by atoms with Crippen LogP contribution in [0.3, 0.4) is 0 Å². The molecule has 0 radical (unpaired) electrons. The molecule has 1 aliphatic rings. The zero-order chi connectivity index (χ0) is 13.2. The Bertz CT molecular complexity index is 573. The van der Waals surface area contributed by atoms with Gasteiger partial charge in [0.2, 0.25) is 0 Å². The number of hydrogen-bond acceptors (Lipinski definition) is 2. The van der Waals surface area contributed by atoms with E-state index in [2.05, 4.69) is 29.7 Å². The summed E-state index contributed by atoms with van der Waals surface area (Å²) in [5, 5.41) is 0. The highest BCUT2D eigenvalue weighted by atomic mass is 35.5. The molecule has 0 bridgehead atoms. The largest absolute Gasteiger partial charge is 0.376 e. The molecule has 0 aliphatic carbocycles. The van der Waals surface area contributed by atoms with E-state index in [1.807, 2.05) is 0 Å². The summed E-state index contributed by atoms with van der Waals surface area (Å²) in [5.74, 6) is 1.68. The van der Waals surface area contributed by atoms with Gasteiger partial charge in [0.25, 0.3) is 0 Å². The number of rotatable bonds is 4. The van der Waals surface area contributed by atoms with E-state index in [0.29, 0.717) is 12.0 Å². The topological polar surface area (TPSA) is 27.1 Å². The summed E-state index contributed by atoms with van der Waals surface area (Å²) < 4.78 is 8.05. The number of alkyl halides is 1. The van der Waals surface area contributed by atoms with Gasteiger partial charge in [0.15, 0.2) is 0 Å². The Balaban J connectivity index is 2.02. The first-order valence-corrected chi connectivity index (χ1v) is 7.45. The summed E-state index contributed by atoms with van der Waals surface area (Å²) in [7, 11) is 0. The average molecular weight is 279 g/mol. The van der Waals surface area contributed by atoms with Gasteiger partial charge in [0.1, 0.15) is 5.82 Å². The molecule has 1 aromatic heterocycles. The summed E-state index contributed by atoms with van der Waals surface area (Å²) in [6, 6.07) is 6.34. The number of imidazole rings is 1. The van der Waals surface area contributed by atoms with Crippen molar-refractivity contribution in [2.45, 2.75) is 38.8 Å². The number of fused-ring (bicyclic) bond motifs is 1. The molecule has 0 N–H and O–H groups in total. The highest BCUT2D eigenvalue weighted by Gasteiger charge is 2.19. The lowest BCUT2D eigenvalue weighted by molar-refractivity contribution is 0.0972. The molecule has 1 aliphatic heterocycles. The first-order chi connectivity index (χ1) is 9.29. The maximum Gasteiger partial charge on any atom is 0.111 e.